The van der Waals surface area contributed by atoms with Crippen LogP contribution < -0.4 is 0 Å². The van der Waals surface area contributed by atoms with E-state index in [9.17, 15) is 8.42 Å². The molecule has 0 aliphatic heterocycles. The van der Waals surface area contributed by atoms with Gasteiger partial charge in [0.15, 0.2) is 0 Å². The van der Waals surface area contributed by atoms with Crippen LogP contribution in [0, 0.1) is 0 Å². The van der Waals surface area contributed by atoms with Gasteiger partial charge in [-0.3, -0.25) is 0 Å². The summed E-state index contributed by atoms with van der Waals surface area (Å²) >= 11 is 0. The van der Waals surface area contributed by atoms with Crippen molar-refractivity contribution in [3.8, 4) is 0 Å². The Morgan fingerprint density at radius 1 is 1.11 bits per heavy atom. The Labute approximate surface area is 116 Å². The van der Waals surface area contributed by atoms with Crippen molar-refractivity contribution in [2.45, 2.75) is 38.1 Å². The predicted octanol–water partition coefficient (Wildman–Crippen LogP) is 3.25. The quantitative estimate of drug-likeness (QED) is 0.848. The van der Waals surface area contributed by atoms with E-state index in [4.69, 9.17) is 0 Å². The zero-order chi connectivity index (χ0) is 13.7. The molecule has 0 amide bonds. The van der Waals surface area contributed by atoms with Gasteiger partial charge < -0.3 is 0 Å². The van der Waals surface area contributed by atoms with Crippen molar-refractivity contribution in [2.24, 2.45) is 0 Å². The van der Waals surface area contributed by atoms with Gasteiger partial charge in [-0.2, -0.15) is 4.31 Å². The Morgan fingerprint density at radius 2 is 1.74 bits per heavy atom. The largest absolute Gasteiger partial charge is 0.236 e. The third-order valence-corrected chi connectivity index (χ3v) is 5.30. The third-order valence-electron chi connectivity index (χ3n) is 3.72. The molecule has 0 atom stereocenters. The molecule has 1 fully saturated rings. The van der Waals surface area contributed by atoms with E-state index in [-0.39, 0.29) is 6.04 Å². The Morgan fingerprint density at radius 3 is 2.37 bits per heavy atom. The maximum absolute atomic E-state index is 12.2. The molecule has 3 nitrogen and oxygen atoms in total. The summed E-state index contributed by atoms with van der Waals surface area (Å²) < 4.78 is 26.0. The molecule has 104 valence electrons. The van der Waals surface area contributed by atoms with Gasteiger partial charge in [-0.15, -0.1) is 0 Å². The molecule has 0 N–H and O–H groups in total. The summed E-state index contributed by atoms with van der Waals surface area (Å²) in [6.07, 6.45) is 7.11. The number of hydrogen-bond acceptors (Lipinski definition) is 2. The molecule has 1 aromatic rings. The van der Waals surface area contributed by atoms with Crippen LogP contribution in [0.2, 0.25) is 0 Å². The average molecular weight is 279 g/mol. The molecule has 0 radical (unpaired) electrons. The summed E-state index contributed by atoms with van der Waals surface area (Å²) in [5, 5.41) is 1.32. The number of sulfonamides is 1. The fourth-order valence-corrected chi connectivity index (χ4v) is 3.62. The van der Waals surface area contributed by atoms with Crippen molar-refractivity contribution in [1.82, 2.24) is 4.31 Å². The van der Waals surface area contributed by atoms with E-state index in [0.717, 1.165) is 31.2 Å². The smallest absolute Gasteiger partial charge is 0.208 e. The SMILES string of the molecule is CN(C1CCCCC1)S(=O)(=O)/C=C/c1ccccc1. The first-order valence-electron chi connectivity index (χ1n) is 6.81. The Hall–Kier alpha value is -1.13. The lowest BCUT2D eigenvalue weighted by Gasteiger charge is -2.29. The monoisotopic (exact) mass is 279 g/mol. The van der Waals surface area contributed by atoms with Crippen molar-refractivity contribution in [3.63, 3.8) is 0 Å². The molecule has 0 spiro atoms. The van der Waals surface area contributed by atoms with Gasteiger partial charge in [0.1, 0.15) is 0 Å². The van der Waals surface area contributed by atoms with Gasteiger partial charge in [0, 0.05) is 18.5 Å². The van der Waals surface area contributed by atoms with Crippen LogP contribution in [0.4, 0.5) is 0 Å². The van der Waals surface area contributed by atoms with Crippen molar-refractivity contribution in [1.29, 1.82) is 0 Å². The average Bonchev–Trinajstić information content (AvgIpc) is 2.46. The molecule has 0 aromatic heterocycles. The van der Waals surface area contributed by atoms with E-state index >= 15 is 0 Å². The highest BCUT2D eigenvalue weighted by Gasteiger charge is 2.25. The summed E-state index contributed by atoms with van der Waals surface area (Å²) in [5.41, 5.74) is 0.906. The molecule has 19 heavy (non-hydrogen) atoms. The van der Waals surface area contributed by atoms with E-state index in [1.54, 1.807) is 13.1 Å². The van der Waals surface area contributed by atoms with Gasteiger partial charge >= 0.3 is 0 Å². The molecular weight excluding hydrogens is 258 g/mol. The lowest BCUT2D eigenvalue weighted by atomic mass is 9.96. The number of nitrogens with zero attached hydrogens (tertiary/aromatic N) is 1. The second-order valence-corrected chi connectivity index (χ2v) is 6.94. The van der Waals surface area contributed by atoms with Crippen LogP contribution in [0.3, 0.4) is 0 Å². The van der Waals surface area contributed by atoms with Crippen LogP contribution in [0.15, 0.2) is 35.7 Å². The lowest BCUT2D eigenvalue weighted by molar-refractivity contribution is 0.288. The zero-order valence-corrected chi connectivity index (χ0v) is 12.1. The summed E-state index contributed by atoms with van der Waals surface area (Å²) in [6.45, 7) is 0. The number of rotatable bonds is 4. The first-order valence-corrected chi connectivity index (χ1v) is 8.31. The molecule has 1 aliphatic rings. The molecule has 1 aliphatic carbocycles. The highest BCUT2D eigenvalue weighted by Crippen LogP contribution is 2.24. The summed E-state index contributed by atoms with van der Waals surface area (Å²) in [7, 11) is -1.61. The fraction of sp³-hybridized carbons (Fsp3) is 0.467. The number of hydrogen-bond donors (Lipinski definition) is 0. The van der Waals surface area contributed by atoms with E-state index in [1.807, 2.05) is 30.3 Å². The Bertz CT molecular complexity index is 516. The summed E-state index contributed by atoms with van der Waals surface area (Å²) in [5.74, 6) is 0. The van der Waals surface area contributed by atoms with Crippen molar-refractivity contribution in [3.05, 3.63) is 41.3 Å². The minimum Gasteiger partial charge on any atom is -0.208 e. The standard InChI is InChI=1S/C15H21NO2S/c1-16(15-10-6-3-7-11-15)19(17,18)13-12-14-8-4-2-5-9-14/h2,4-5,8-9,12-13,15H,3,6-7,10-11H2,1H3/b13-12+. The third kappa shape index (κ3) is 3.91. The highest BCUT2D eigenvalue weighted by atomic mass is 32.2. The fourth-order valence-electron chi connectivity index (χ4n) is 2.48. The normalized spacial score (nSPS) is 18.2. The van der Waals surface area contributed by atoms with Gasteiger partial charge in [0.25, 0.3) is 0 Å². The topological polar surface area (TPSA) is 37.4 Å². The van der Waals surface area contributed by atoms with Crippen molar-refractivity contribution in [2.75, 3.05) is 7.05 Å². The lowest BCUT2D eigenvalue weighted by Crippen LogP contribution is -2.37. The molecule has 0 unspecified atom stereocenters. The predicted molar refractivity (Wildman–Crippen MR) is 79.0 cm³/mol. The van der Waals surface area contributed by atoms with Crippen LogP contribution >= 0.6 is 0 Å². The number of benzene rings is 1. The van der Waals surface area contributed by atoms with Gasteiger partial charge in [0.2, 0.25) is 10.0 Å². The first kappa shape index (κ1) is 14.3. The van der Waals surface area contributed by atoms with Crippen molar-refractivity contribution >= 4 is 16.1 Å². The molecule has 1 saturated carbocycles. The highest BCUT2D eigenvalue weighted by molar-refractivity contribution is 7.92. The molecule has 1 aromatic carbocycles. The van der Waals surface area contributed by atoms with Gasteiger partial charge in [-0.1, -0.05) is 49.6 Å². The van der Waals surface area contributed by atoms with Crippen LogP contribution in [-0.4, -0.2) is 25.8 Å². The molecule has 0 heterocycles. The Kier molecular flexibility index (Phi) is 4.77. The van der Waals surface area contributed by atoms with E-state index in [0.29, 0.717) is 0 Å². The van der Waals surface area contributed by atoms with Crippen LogP contribution in [-0.2, 0) is 10.0 Å². The molecular formula is C15H21NO2S. The molecule has 2 rings (SSSR count). The van der Waals surface area contributed by atoms with Crippen LogP contribution in [0.1, 0.15) is 37.7 Å². The molecule has 0 saturated heterocycles. The zero-order valence-electron chi connectivity index (χ0n) is 11.3. The van der Waals surface area contributed by atoms with Gasteiger partial charge in [0.05, 0.1) is 0 Å². The van der Waals surface area contributed by atoms with Crippen LogP contribution in [0.25, 0.3) is 6.08 Å². The van der Waals surface area contributed by atoms with Crippen molar-refractivity contribution < 1.29 is 8.42 Å². The minimum atomic E-state index is -3.31. The van der Waals surface area contributed by atoms with E-state index < -0.39 is 10.0 Å². The first-order chi connectivity index (χ1) is 9.09. The maximum Gasteiger partial charge on any atom is 0.236 e. The molecule has 0 bridgehead atoms. The maximum atomic E-state index is 12.2. The van der Waals surface area contributed by atoms with E-state index in [2.05, 4.69) is 0 Å². The summed E-state index contributed by atoms with van der Waals surface area (Å²) in [4.78, 5) is 0. The van der Waals surface area contributed by atoms with E-state index in [1.165, 1.54) is 16.1 Å². The molecule has 4 heteroatoms. The second kappa shape index (κ2) is 6.35. The second-order valence-electron chi connectivity index (χ2n) is 5.07. The Balaban J connectivity index is 2.07. The summed E-state index contributed by atoms with van der Waals surface area (Å²) in [6, 6.07) is 9.67. The minimum absolute atomic E-state index is 0.166. The van der Waals surface area contributed by atoms with Gasteiger partial charge in [-0.05, 0) is 24.5 Å². The van der Waals surface area contributed by atoms with Gasteiger partial charge in [-0.25, -0.2) is 8.42 Å². The van der Waals surface area contributed by atoms with Crippen LogP contribution in [0.5, 0.6) is 0 Å².